The van der Waals surface area contributed by atoms with E-state index in [1.165, 1.54) is 87.7 Å². The van der Waals surface area contributed by atoms with Crippen molar-refractivity contribution in [2.75, 3.05) is 26.2 Å². The highest BCUT2D eigenvalue weighted by molar-refractivity contribution is 6.12. The number of nitrogens with one attached hydrogen (secondary N) is 1. The third-order valence-corrected chi connectivity index (χ3v) is 11.2. The van der Waals surface area contributed by atoms with Crippen LogP contribution in [0, 0.1) is 29.6 Å². The molecule has 3 aliphatic carbocycles. The molecule has 0 radical (unpaired) electrons. The van der Waals surface area contributed by atoms with Gasteiger partial charge in [-0.1, -0.05) is 25.7 Å². The third-order valence-electron chi connectivity index (χ3n) is 11.2. The molecule has 6 rings (SSSR count). The lowest BCUT2D eigenvalue weighted by molar-refractivity contribution is -0.165. The van der Waals surface area contributed by atoms with E-state index >= 15 is 0 Å². The second-order valence-electron chi connectivity index (χ2n) is 13.6. The third kappa shape index (κ3) is 6.29. The van der Waals surface area contributed by atoms with Crippen molar-refractivity contribution in [2.24, 2.45) is 29.6 Å². The van der Waals surface area contributed by atoms with Crippen molar-refractivity contribution >= 4 is 17.8 Å². The molecule has 3 saturated carbocycles. The number of piperidine rings is 2. The molecule has 0 spiro atoms. The molecule has 0 aromatic carbocycles. The van der Waals surface area contributed by atoms with Crippen LogP contribution in [0.3, 0.4) is 0 Å². The molecule has 0 bridgehead atoms. The van der Waals surface area contributed by atoms with Crippen LogP contribution >= 0.6 is 0 Å². The zero-order valence-electron chi connectivity index (χ0n) is 23.7. The summed E-state index contributed by atoms with van der Waals surface area (Å²) in [7, 11) is 0. The number of carbonyl (C=O) groups is 3. The van der Waals surface area contributed by atoms with Gasteiger partial charge in [0.25, 0.3) is 11.8 Å². The van der Waals surface area contributed by atoms with Crippen molar-refractivity contribution < 1.29 is 19.1 Å². The number of fused-ring (bicyclic) bond motifs is 2. The number of nitrogens with zero attached hydrogens (tertiary/aromatic N) is 2. The van der Waals surface area contributed by atoms with Crippen LogP contribution in [0.15, 0.2) is 12.2 Å². The Bertz CT molecular complexity index is 880. The molecule has 3 heterocycles. The van der Waals surface area contributed by atoms with E-state index in [9.17, 15) is 14.4 Å². The minimum absolute atomic E-state index is 0.119. The fraction of sp³-hybridized carbons (Fsp3) is 0.844. The van der Waals surface area contributed by atoms with Gasteiger partial charge in [0.05, 0.1) is 5.92 Å². The number of ether oxygens (including phenoxy) is 1. The normalized spacial score (nSPS) is 37.9. The first kappa shape index (κ1) is 27.4. The maximum Gasteiger partial charge on any atom is 0.309 e. The summed E-state index contributed by atoms with van der Waals surface area (Å²) in [5.74, 6) is 2.08. The van der Waals surface area contributed by atoms with Gasteiger partial charge >= 0.3 is 5.97 Å². The fourth-order valence-corrected chi connectivity index (χ4v) is 8.94. The van der Waals surface area contributed by atoms with Gasteiger partial charge in [-0.25, -0.2) is 0 Å². The van der Waals surface area contributed by atoms with Gasteiger partial charge in [-0.3, -0.25) is 19.3 Å². The Kier molecular flexibility index (Phi) is 8.74. The van der Waals surface area contributed by atoms with Gasteiger partial charge in [0.2, 0.25) is 0 Å². The molecule has 3 aliphatic heterocycles. The zero-order valence-corrected chi connectivity index (χ0v) is 23.7. The molecule has 7 nitrogen and oxygen atoms in total. The van der Waals surface area contributed by atoms with Gasteiger partial charge in [0, 0.05) is 30.8 Å². The Labute approximate surface area is 234 Å². The second kappa shape index (κ2) is 12.4. The SMILES string of the molecule is O=C(OC1CCC(CCN2CCC(CN3C(=O)C=CC3=O)CC2)CC1)C1C2CCCCC2NC2CCCCC21. The van der Waals surface area contributed by atoms with E-state index in [0.29, 0.717) is 36.4 Å². The number of likely N-dealkylation sites (tertiary alicyclic amines) is 1. The van der Waals surface area contributed by atoms with E-state index < -0.39 is 0 Å². The first-order chi connectivity index (χ1) is 19.0. The van der Waals surface area contributed by atoms with Gasteiger partial charge in [0.15, 0.2) is 0 Å². The van der Waals surface area contributed by atoms with Crippen LogP contribution in [-0.4, -0.2) is 72.0 Å². The number of amides is 2. The molecule has 5 fully saturated rings. The van der Waals surface area contributed by atoms with E-state index in [4.69, 9.17) is 4.74 Å². The summed E-state index contributed by atoms with van der Waals surface area (Å²) in [4.78, 5) is 41.3. The van der Waals surface area contributed by atoms with Crippen LogP contribution in [0.2, 0.25) is 0 Å². The lowest BCUT2D eigenvalue weighted by atomic mass is 9.62. The van der Waals surface area contributed by atoms with Gasteiger partial charge in [-0.2, -0.15) is 0 Å². The standard InChI is InChI=1S/C32H49N3O4/c36-29-13-14-30(37)35(29)21-23-16-19-34(20-17-23)18-15-22-9-11-24(12-10-22)39-32(38)31-25-5-1-3-7-27(25)33-28-8-4-2-6-26(28)31/h13-14,22-28,31,33H,1-12,15-21H2. The molecule has 39 heavy (non-hydrogen) atoms. The van der Waals surface area contributed by atoms with E-state index in [-0.39, 0.29) is 29.8 Å². The average molecular weight is 540 g/mol. The second-order valence-corrected chi connectivity index (χ2v) is 13.6. The zero-order chi connectivity index (χ0) is 26.8. The largest absolute Gasteiger partial charge is 0.462 e. The fourth-order valence-electron chi connectivity index (χ4n) is 8.94. The van der Waals surface area contributed by atoms with E-state index in [1.807, 2.05) is 0 Å². The predicted octanol–water partition coefficient (Wildman–Crippen LogP) is 4.45. The first-order valence-corrected chi connectivity index (χ1v) is 16.3. The van der Waals surface area contributed by atoms with Crippen LogP contribution in [-0.2, 0) is 19.1 Å². The van der Waals surface area contributed by atoms with Crippen LogP contribution in [0.5, 0.6) is 0 Å². The van der Waals surface area contributed by atoms with Crippen LogP contribution in [0.1, 0.15) is 96.3 Å². The van der Waals surface area contributed by atoms with Gasteiger partial charge in [-0.05, 0) is 114 Å². The highest BCUT2D eigenvalue weighted by Gasteiger charge is 2.49. The summed E-state index contributed by atoms with van der Waals surface area (Å²) in [5.41, 5.74) is 0. The Morgan fingerprint density at radius 1 is 0.769 bits per heavy atom. The molecule has 0 aromatic heterocycles. The molecule has 7 heteroatoms. The lowest BCUT2D eigenvalue weighted by Crippen LogP contribution is -2.60. The molecule has 4 unspecified atom stereocenters. The Hall–Kier alpha value is -1.73. The predicted molar refractivity (Wildman–Crippen MR) is 150 cm³/mol. The van der Waals surface area contributed by atoms with E-state index in [1.54, 1.807) is 0 Å². The topological polar surface area (TPSA) is 79.0 Å². The van der Waals surface area contributed by atoms with Crippen molar-refractivity contribution in [1.82, 2.24) is 15.1 Å². The quantitative estimate of drug-likeness (QED) is 0.380. The van der Waals surface area contributed by atoms with Gasteiger partial charge < -0.3 is 15.0 Å². The van der Waals surface area contributed by atoms with E-state index in [0.717, 1.165) is 51.2 Å². The lowest BCUT2D eigenvalue weighted by Gasteiger charge is -2.51. The summed E-state index contributed by atoms with van der Waals surface area (Å²) < 4.78 is 6.32. The molecule has 4 atom stereocenters. The van der Waals surface area contributed by atoms with Crippen molar-refractivity contribution in [3.8, 4) is 0 Å². The molecule has 216 valence electrons. The van der Waals surface area contributed by atoms with Crippen molar-refractivity contribution in [2.45, 2.75) is 114 Å². The Balaban J connectivity index is 0.916. The molecule has 2 amide bonds. The molecule has 0 aromatic rings. The summed E-state index contributed by atoms with van der Waals surface area (Å²) in [6.07, 6.45) is 20.6. The van der Waals surface area contributed by atoms with Crippen molar-refractivity contribution in [1.29, 1.82) is 0 Å². The first-order valence-electron chi connectivity index (χ1n) is 16.3. The number of hydrogen-bond acceptors (Lipinski definition) is 6. The molecule has 2 saturated heterocycles. The van der Waals surface area contributed by atoms with Crippen LogP contribution < -0.4 is 5.32 Å². The number of carbonyl (C=O) groups excluding carboxylic acids is 3. The summed E-state index contributed by atoms with van der Waals surface area (Å²) in [6.45, 7) is 3.82. The summed E-state index contributed by atoms with van der Waals surface area (Å²) in [5, 5.41) is 3.97. The monoisotopic (exact) mass is 539 g/mol. The molecule has 1 N–H and O–H groups in total. The smallest absolute Gasteiger partial charge is 0.309 e. The maximum absolute atomic E-state index is 13.7. The van der Waals surface area contributed by atoms with Crippen molar-refractivity contribution in [3.05, 3.63) is 12.2 Å². The molecule has 6 aliphatic rings. The summed E-state index contributed by atoms with van der Waals surface area (Å²) >= 11 is 0. The molecular weight excluding hydrogens is 490 g/mol. The number of hydrogen-bond donors (Lipinski definition) is 1. The Morgan fingerprint density at radius 3 is 1.97 bits per heavy atom. The van der Waals surface area contributed by atoms with Crippen LogP contribution in [0.25, 0.3) is 0 Å². The number of rotatable bonds is 7. The highest BCUT2D eigenvalue weighted by atomic mass is 16.5. The highest BCUT2D eigenvalue weighted by Crippen LogP contribution is 2.45. The summed E-state index contributed by atoms with van der Waals surface area (Å²) in [6, 6.07) is 1.05. The number of esters is 1. The maximum atomic E-state index is 13.7. The van der Waals surface area contributed by atoms with Gasteiger partial charge in [-0.15, -0.1) is 0 Å². The Morgan fingerprint density at radius 2 is 1.36 bits per heavy atom. The van der Waals surface area contributed by atoms with E-state index in [2.05, 4.69) is 10.2 Å². The number of imide groups is 1. The molecular formula is C32H49N3O4. The van der Waals surface area contributed by atoms with Gasteiger partial charge in [0.1, 0.15) is 6.10 Å². The van der Waals surface area contributed by atoms with Crippen LogP contribution in [0.4, 0.5) is 0 Å². The minimum atomic E-state index is -0.157. The minimum Gasteiger partial charge on any atom is -0.462 e. The average Bonchev–Trinajstić information content (AvgIpc) is 3.28. The van der Waals surface area contributed by atoms with Crippen molar-refractivity contribution in [3.63, 3.8) is 0 Å².